The lowest BCUT2D eigenvalue weighted by Crippen LogP contribution is -2.53. The fourth-order valence-electron chi connectivity index (χ4n) is 3.26. The van der Waals surface area contributed by atoms with Gasteiger partial charge >= 0.3 is 6.09 Å². The number of carbonyl (C=O) groups is 1. The van der Waals surface area contributed by atoms with Crippen molar-refractivity contribution in [1.29, 1.82) is 0 Å². The van der Waals surface area contributed by atoms with E-state index >= 15 is 0 Å². The van der Waals surface area contributed by atoms with Crippen molar-refractivity contribution in [2.75, 3.05) is 32.8 Å². The highest BCUT2D eigenvalue weighted by Gasteiger charge is 2.33. The largest absolute Gasteiger partial charge is 0.450 e. The highest BCUT2D eigenvalue weighted by atomic mass is 32.2. The topological polar surface area (TPSA) is 79.0 Å². The van der Waals surface area contributed by atoms with E-state index in [4.69, 9.17) is 4.74 Å². The minimum absolute atomic E-state index is 0.172. The SMILES string of the molecule is CCOC(=O)N1CCN(S(=O)(=O)NC2CCc3ccccc32)CC1. The summed E-state index contributed by atoms with van der Waals surface area (Å²) >= 11 is 0. The zero-order chi connectivity index (χ0) is 17.2. The average Bonchev–Trinajstić information content (AvgIpc) is 2.98. The molecule has 1 aromatic carbocycles. The first-order valence-corrected chi connectivity index (χ1v) is 9.72. The average molecular weight is 353 g/mol. The van der Waals surface area contributed by atoms with Crippen LogP contribution < -0.4 is 4.72 Å². The quantitative estimate of drug-likeness (QED) is 0.884. The molecule has 1 saturated heterocycles. The molecule has 0 radical (unpaired) electrons. The van der Waals surface area contributed by atoms with Gasteiger partial charge in [0, 0.05) is 32.2 Å². The van der Waals surface area contributed by atoms with E-state index in [1.54, 1.807) is 11.8 Å². The van der Waals surface area contributed by atoms with Gasteiger partial charge in [0.05, 0.1) is 6.61 Å². The molecule has 24 heavy (non-hydrogen) atoms. The van der Waals surface area contributed by atoms with Crippen LogP contribution >= 0.6 is 0 Å². The Morgan fingerprint density at radius 1 is 1.25 bits per heavy atom. The van der Waals surface area contributed by atoms with Crippen molar-refractivity contribution in [3.63, 3.8) is 0 Å². The van der Waals surface area contributed by atoms with Crippen molar-refractivity contribution < 1.29 is 17.9 Å². The predicted molar refractivity (Wildman–Crippen MR) is 89.7 cm³/mol. The summed E-state index contributed by atoms with van der Waals surface area (Å²) in [6.45, 7) is 3.33. The van der Waals surface area contributed by atoms with E-state index in [0.29, 0.717) is 19.7 Å². The third-order valence-electron chi connectivity index (χ3n) is 4.53. The van der Waals surface area contributed by atoms with Crippen LogP contribution in [0.3, 0.4) is 0 Å². The fraction of sp³-hybridized carbons (Fsp3) is 0.562. The van der Waals surface area contributed by atoms with Gasteiger partial charge in [-0.05, 0) is 30.9 Å². The Kier molecular flexibility index (Phi) is 5.07. The van der Waals surface area contributed by atoms with Crippen molar-refractivity contribution in [1.82, 2.24) is 13.9 Å². The lowest BCUT2D eigenvalue weighted by molar-refractivity contribution is 0.0931. The number of rotatable bonds is 4. The molecule has 3 rings (SSSR count). The van der Waals surface area contributed by atoms with Gasteiger partial charge in [0.2, 0.25) is 0 Å². The highest BCUT2D eigenvalue weighted by molar-refractivity contribution is 7.87. The van der Waals surface area contributed by atoms with E-state index in [1.165, 1.54) is 9.87 Å². The summed E-state index contributed by atoms with van der Waals surface area (Å²) in [5.74, 6) is 0. The predicted octanol–water partition coefficient (Wildman–Crippen LogP) is 1.28. The van der Waals surface area contributed by atoms with E-state index in [0.717, 1.165) is 18.4 Å². The summed E-state index contributed by atoms with van der Waals surface area (Å²) < 4.78 is 34.4. The molecular weight excluding hydrogens is 330 g/mol. The Labute approximate surface area is 142 Å². The Bertz CT molecular complexity index is 699. The number of carbonyl (C=O) groups excluding carboxylic acids is 1. The molecule has 0 saturated carbocycles. The van der Waals surface area contributed by atoms with Crippen LogP contribution in [0.25, 0.3) is 0 Å². The molecule has 1 fully saturated rings. The molecule has 132 valence electrons. The van der Waals surface area contributed by atoms with Gasteiger partial charge in [-0.25, -0.2) is 4.79 Å². The minimum Gasteiger partial charge on any atom is -0.450 e. The zero-order valence-corrected chi connectivity index (χ0v) is 14.6. The Morgan fingerprint density at radius 2 is 1.96 bits per heavy atom. The standard InChI is InChI=1S/C16H23N3O4S/c1-2-23-16(20)18-9-11-19(12-10-18)24(21,22)17-15-8-7-13-5-3-4-6-14(13)15/h3-6,15,17H,2,7-12H2,1H3. The number of nitrogens with zero attached hydrogens (tertiary/aromatic N) is 2. The van der Waals surface area contributed by atoms with Crippen LogP contribution in [0.1, 0.15) is 30.5 Å². The smallest absolute Gasteiger partial charge is 0.409 e. The first kappa shape index (κ1) is 17.2. The van der Waals surface area contributed by atoms with E-state index in [1.807, 2.05) is 24.3 Å². The summed E-state index contributed by atoms with van der Waals surface area (Å²) in [5, 5.41) is 0. The molecule has 0 aromatic heterocycles. The molecule has 1 aliphatic carbocycles. The van der Waals surface area contributed by atoms with Crippen LogP contribution in [-0.4, -0.2) is 56.5 Å². The zero-order valence-electron chi connectivity index (χ0n) is 13.8. The number of nitrogens with one attached hydrogen (secondary N) is 1. The van der Waals surface area contributed by atoms with Crippen LogP contribution in [-0.2, 0) is 21.4 Å². The Morgan fingerprint density at radius 3 is 2.67 bits per heavy atom. The van der Waals surface area contributed by atoms with Crippen molar-refractivity contribution in [3.8, 4) is 0 Å². The molecule has 0 bridgehead atoms. The van der Waals surface area contributed by atoms with Gasteiger partial charge in [0.15, 0.2) is 0 Å². The van der Waals surface area contributed by atoms with Gasteiger partial charge in [-0.15, -0.1) is 0 Å². The first-order chi connectivity index (χ1) is 11.5. The second-order valence-electron chi connectivity index (χ2n) is 6.00. The van der Waals surface area contributed by atoms with Crippen LogP contribution in [0.2, 0.25) is 0 Å². The second-order valence-corrected chi connectivity index (χ2v) is 7.70. The van der Waals surface area contributed by atoms with Gasteiger partial charge in [0.1, 0.15) is 0 Å². The van der Waals surface area contributed by atoms with Crippen molar-refractivity contribution >= 4 is 16.3 Å². The molecule has 1 aromatic rings. The maximum Gasteiger partial charge on any atom is 0.409 e. The number of benzene rings is 1. The molecule has 7 nitrogen and oxygen atoms in total. The van der Waals surface area contributed by atoms with Crippen molar-refractivity contribution in [2.45, 2.75) is 25.8 Å². The lowest BCUT2D eigenvalue weighted by Gasteiger charge is -2.33. The molecule has 1 heterocycles. The molecule has 2 aliphatic rings. The van der Waals surface area contributed by atoms with E-state index in [-0.39, 0.29) is 25.2 Å². The summed E-state index contributed by atoms with van der Waals surface area (Å²) in [7, 11) is -3.57. The minimum atomic E-state index is -3.57. The summed E-state index contributed by atoms with van der Waals surface area (Å²) in [6, 6.07) is 7.76. The van der Waals surface area contributed by atoms with Crippen molar-refractivity contribution in [3.05, 3.63) is 35.4 Å². The molecule has 1 unspecified atom stereocenters. The molecule has 1 N–H and O–H groups in total. The monoisotopic (exact) mass is 353 g/mol. The maximum absolute atomic E-state index is 12.6. The summed E-state index contributed by atoms with van der Waals surface area (Å²) in [6.07, 6.45) is 1.29. The number of fused-ring (bicyclic) bond motifs is 1. The van der Waals surface area contributed by atoms with Gasteiger partial charge < -0.3 is 9.64 Å². The lowest BCUT2D eigenvalue weighted by atomic mass is 10.1. The van der Waals surface area contributed by atoms with Crippen LogP contribution in [0.5, 0.6) is 0 Å². The Hall–Kier alpha value is -1.64. The maximum atomic E-state index is 12.6. The third kappa shape index (κ3) is 3.55. The molecular formula is C16H23N3O4S. The van der Waals surface area contributed by atoms with Crippen molar-refractivity contribution in [2.24, 2.45) is 0 Å². The number of piperazine rings is 1. The summed E-state index contributed by atoms with van der Waals surface area (Å²) in [5.41, 5.74) is 2.27. The third-order valence-corrected chi connectivity index (χ3v) is 6.16. The summed E-state index contributed by atoms with van der Waals surface area (Å²) in [4.78, 5) is 13.2. The molecule has 1 amide bonds. The van der Waals surface area contributed by atoms with Crippen LogP contribution in [0.4, 0.5) is 4.79 Å². The highest BCUT2D eigenvalue weighted by Crippen LogP contribution is 2.31. The second kappa shape index (κ2) is 7.08. The van der Waals surface area contributed by atoms with Gasteiger partial charge in [-0.3, -0.25) is 0 Å². The molecule has 1 aliphatic heterocycles. The number of aryl methyl sites for hydroxylation is 1. The number of hydrogen-bond donors (Lipinski definition) is 1. The van der Waals surface area contributed by atoms with Gasteiger partial charge in [-0.2, -0.15) is 17.4 Å². The van der Waals surface area contributed by atoms with E-state index < -0.39 is 10.2 Å². The molecule has 1 atom stereocenters. The molecule has 8 heteroatoms. The number of amides is 1. The Balaban J connectivity index is 1.60. The number of hydrogen-bond acceptors (Lipinski definition) is 4. The first-order valence-electron chi connectivity index (χ1n) is 8.28. The van der Waals surface area contributed by atoms with Gasteiger partial charge in [0.25, 0.3) is 10.2 Å². The van der Waals surface area contributed by atoms with E-state index in [9.17, 15) is 13.2 Å². The van der Waals surface area contributed by atoms with Gasteiger partial charge in [-0.1, -0.05) is 24.3 Å². The van der Waals surface area contributed by atoms with Crippen LogP contribution in [0.15, 0.2) is 24.3 Å². The number of ether oxygens (including phenoxy) is 1. The molecule has 0 spiro atoms. The normalized spacial score (nSPS) is 21.5. The van der Waals surface area contributed by atoms with E-state index in [2.05, 4.69) is 4.72 Å². The fourth-order valence-corrected chi connectivity index (χ4v) is 4.66. The van der Waals surface area contributed by atoms with Crippen LogP contribution in [0, 0.1) is 0 Å².